The first kappa shape index (κ1) is 13.7. The lowest BCUT2D eigenvalue weighted by Gasteiger charge is -2.06. The van der Waals surface area contributed by atoms with Crippen LogP contribution in [-0.2, 0) is 12.3 Å². The first-order chi connectivity index (χ1) is 9.20. The number of hydrogen-bond acceptors (Lipinski definition) is 3. The fraction of sp³-hybridized carbons (Fsp3) is 0.286. The molecule has 100 valence electrons. The lowest BCUT2D eigenvalue weighted by Crippen LogP contribution is -1.99. The predicted molar refractivity (Wildman–Crippen MR) is 75.5 cm³/mol. The number of aromatic carboxylic acids is 1. The number of thioether (sulfide) groups is 1. The lowest BCUT2D eigenvalue weighted by molar-refractivity contribution is 0.0696. The van der Waals surface area contributed by atoms with Crippen LogP contribution in [0.3, 0.4) is 0 Å². The molecule has 0 atom stereocenters. The van der Waals surface area contributed by atoms with Crippen LogP contribution in [-0.4, -0.2) is 20.6 Å². The molecule has 1 aromatic carbocycles. The van der Waals surface area contributed by atoms with Crippen LogP contribution in [0.4, 0.5) is 0 Å². The molecule has 0 bridgehead atoms. The molecule has 1 N–H and O–H groups in total. The summed E-state index contributed by atoms with van der Waals surface area (Å²) >= 11 is 1.63. The van der Waals surface area contributed by atoms with E-state index in [-0.39, 0.29) is 0 Å². The van der Waals surface area contributed by atoms with Crippen molar-refractivity contribution in [3.8, 4) is 0 Å². The molecule has 1 aromatic heterocycles. The van der Waals surface area contributed by atoms with Crippen LogP contribution in [0.1, 0.15) is 29.4 Å². The molecule has 0 fully saturated rings. The van der Waals surface area contributed by atoms with E-state index in [4.69, 9.17) is 5.11 Å². The maximum Gasteiger partial charge on any atom is 0.335 e. The summed E-state index contributed by atoms with van der Waals surface area (Å²) in [4.78, 5) is 16.0. The Hall–Kier alpha value is -1.75. The second-order valence-electron chi connectivity index (χ2n) is 4.20. The maximum absolute atomic E-state index is 10.9. The fourth-order valence-corrected chi connectivity index (χ4v) is 2.73. The number of rotatable bonds is 6. The number of hydrogen-bond donors (Lipinski definition) is 1. The summed E-state index contributed by atoms with van der Waals surface area (Å²) in [6, 6.07) is 7.01. The molecule has 0 aliphatic rings. The Morgan fingerprint density at radius 2 is 2.32 bits per heavy atom. The number of benzene rings is 1. The number of carboxylic acids is 1. The molecule has 0 aliphatic carbocycles. The third-order valence-corrected chi connectivity index (χ3v) is 3.76. The van der Waals surface area contributed by atoms with E-state index in [9.17, 15) is 4.79 Å². The van der Waals surface area contributed by atoms with Crippen molar-refractivity contribution < 1.29 is 9.90 Å². The van der Waals surface area contributed by atoms with Crippen LogP contribution >= 0.6 is 11.8 Å². The van der Waals surface area contributed by atoms with Crippen molar-refractivity contribution in [3.05, 3.63) is 48.0 Å². The zero-order valence-electron chi connectivity index (χ0n) is 10.7. The van der Waals surface area contributed by atoms with Crippen molar-refractivity contribution in [1.82, 2.24) is 9.55 Å². The molecule has 2 aromatic rings. The minimum Gasteiger partial charge on any atom is -0.478 e. The molecule has 0 saturated carbocycles. The fourth-order valence-electron chi connectivity index (χ4n) is 1.79. The standard InChI is InChI=1S/C14H16N2O2S/c1-2-6-16-10-15-8-12(16)9-19-13-5-3-4-11(7-13)14(17)18/h3-5,7-8,10H,2,6,9H2,1H3,(H,17,18). The number of carboxylic acid groups (broad SMARTS) is 1. The number of carbonyl (C=O) groups is 1. The summed E-state index contributed by atoms with van der Waals surface area (Å²) in [6.45, 7) is 3.10. The summed E-state index contributed by atoms with van der Waals surface area (Å²) < 4.78 is 2.13. The normalized spacial score (nSPS) is 10.6. The molecule has 0 unspecified atom stereocenters. The Balaban J connectivity index is 2.04. The van der Waals surface area contributed by atoms with Gasteiger partial charge in [-0.2, -0.15) is 0 Å². The summed E-state index contributed by atoms with van der Waals surface area (Å²) in [5.41, 5.74) is 1.49. The quantitative estimate of drug-likeness (QED) is 0.823. The average molecular weight is 276 g/mol. The Morgan fingerprint density at radius 3 is 3.05 bits per heavy atom. The highest BCUT2D eigenvalue weighted by Gasteiger charge is 2.05. The van der Waals surface area contributed by atoms with Gasteiger partial charge in [-0.15, -0.1) is 11.8 Å². The van der Waals surface area contributed by atoms with Crippen molar-refractivity contribution >= 4 is 17.7 Å². The van der Waals surface area contributed by atoms with Crippen LogP contribution < -0.4 is 0 Å². The molecule has 5 heteroatoms. The van der Waals surface area contributed by atoms with Crippen LogP contribution in [0.15, 0.2) is 41.7 Å². The van der Waals surface area contributed by atoms with Crippen molar-refractivity contribution in [2.75, 3.05) is 0 Å². The van der Waals surface area contributed by atoms with Crippen LogP contribution in [0.5, 0.6) is 0 Å². The smallest absolute Gasteiger partial charge is 0.335 e. The molecular formula is C14H16N2O2S. The van der Waals surface area contributed by atoms with Gasteiger partial charge in [0.15, 0.2) is 0 Å². The van der Waals surface area contributed by atoms with Crippen LogP contribution in [0, 0.1) is 0 Å². The van der Waals surface area contributed by atoms with Gasteiger partial charge in [0, 0.05) is 29.1 Å². The first-order valence-electron chi connectivity index (χ1n) is 6.16. The Bertz CT molecular complexity index is 566. The summed E-state index contributed by atoms with van der Waals surface area (Å²) in [6.07, 6.45) is 4.78. The highest BCUT2D eigenvalue weighted by atomic mass is 32.2. The predicted octanol–water partition coefficient (Wildman–Crippen LogP) is 3.28. The number of aryl methyl sites for hydroxylation is 1. The third-order valence-electron chi connectivity index (χ3n) is 2.73. The number of imidazole rings is 1. The van der Waals surface area contributed by atoms with Crippen LogP contribution in [0.2, 0.25) is 0 Å². The van der Waals surface area contributed by atoms with Gasteiger partial charge in [-0.1, -0.05) is 13.0 Å². The Morgan fingerprint density at radius 1 is 1.47 bits per heavy atom. The zero-order chi connectivity index (χ0) is 13.7. The van der Waals surface area contributed by atoms with E-state index in [0.29, 0.717) is 5.56 Å². The van der Waals surface area contributed by atoms with E-state index in [1.807, 2.05) is 18.6 Å². The van der Waals surface area contributed by atoms with Gasteiger partial charge in [0.05, 0.1) is 11.9 Å². The van der Waals surface area contributed by atoms with E-state index < -0.39 is 5.97 Å². The van der Waals surface area contributed by atoms with Gasteiger partial charge in [-0.05, 0) is 24.6 Å². The van der Waals surface area contributed by atoms with E-state index in [2.05, 4.69) is 16.5 Å². The van der Waals surface area contributed by atoms with E-state index in [1.165, 1.54) is 0 Å². The Kier molecular flexibility index (Phi) is 4.63. The molecule has 0 spiro atoms. The molecule has 1 heterocycles. The summed E-state index contributed by atoms with van der Waals surface area (Å²) in [5, 5.41) is 8.95. The van der Waals surface area contributed by atoms with Crippen molar-refractivity contribution in [3.63, 3.8) is 0 Å². The number of aromatic nitrogens is 2. The van der Waals surface area contributed by atoms with Crippen LogP contribution in [0.25, 0.3) is 0 Å². The highest BCUT2D eigenvalue weighted by Crippen LogP contribution is 2.23. The van der Waals surface area contributed by atoms with Crippen molar-refractivity contribution in [2.24, 2.45) is 0 Å². The molecular weight excluding hydrogens is 260 g/mol. The maximum atomic E-state index is 10.9. The lowest BCUT2D eigenvalue weighted by atomic mass is 10.2. The Labute approximate surface area is 116 Å². The van der Waals surface area contributed by atoms with Gasteiger partial charge in [-0.3, -0.25) is 0 Å². The molecule has 0 aliphatic heterocycles. The summed E-state index contributed by atoms with van der Waals surface area (Å²) in [7, 11) is 0. The third kappa shape index (κ3) is 3.61. The van der Waals surface area contributed by atoms with Crippen molar-refractivity contribution in [2.45, 2.75) is 30.5 Å². The largest absolute Gasteiger partial charge is 0.478 e. The second kappa shape index (κ2) is 6.43. The number of nitrogens with zero attached hydrogens (tertiary/aromatic N) is 2. The topological polar surface area (TPSA) is 55.1 Å². The van der Waals surface area contributed by atoms with Gasteiger partial charge in [0.1, 0.15) is 0 Å². The van der Waals surface area contributed by atoms with E-state index >= 15 is 0 Å². The summed E-state index contributed by atoms with van der Waals surface area (Å²) in [5.74, 6) is -0.0956. The van der Waals surface area contributed by atoms with Gasteiger partial charge >= 0.3 is 5.97 Å². The van der Waals surface area contributed by atoms with Gasteiger partial charge in [0.25, 0.3) is 0 Å². The molecule has 2 rings (SSSR count). The van der Waals surface area contributed by atoms with E-state index in [0.717, 1.165) is 29.3 Å². The molecule has 0 amide bonds. The molecule has 0 saturated heterocycles. The van der Waals surface area contributed by atoms with Gasteiger partial charge in [-0.25, -0.2) is 9.78 Å². The van der Waals surface area contributed by atoms with Crippen molar-refractivity contribution in [1.29, 1.82) is 0 Å². The van der Waals surface area contributed by atoms with Gasteiger partial charge < -0.3 is 9.67 Å². The highest BCUT2D eigenvalue weighted by molar-refractivity contribution is 7.98. The SMILES string of the molecule is CCCn1cncc1CSc1cccc(C(=O)O)c1. The zero-order valence-corrected chi connectivity index (χ0v) is 11.6. The monoisotopic (exact) mass is 276 g/mol. The minimum absolute atomic E-state index is 0.326. The second-order valence-corrected chi connectivity index (χ2v) is 5.25. The minimum atomic E-state index is -0.890. The molecule has 19 heavy (non-hydrogen) atoms. The first-order valence-corrected chi connectivity index (χ1v) is 7.14. The van der Waals surface area contributed by atoms with E-state index in [1.54, 1.807) is 30.0 Å². The molecule has 4 nitrogen and oxygen atoms in total. The average Bonchev–Trinajstić information content (AvgIpc) is 2.85. The molecule has 0 radical (unpaired) electrons. The van der Waals surface area contributed by atoms with Gasteiger partial charge in [0.2, 0.25) is 0 Å².